The number of hydrogen-bond acceptors (Lipinski definition) is 6. The Morgan fingerprint density at radius 2 is 1.69 bits per heavy atom. The maximum absolute atomic E-state index is 13.6. The summed E-state index contributed by atoms with van der Waals surface area (Å²) >= 11 is 0. The summed E-state index contributed by atoms with van der Waals surface area (Å²) in [5, 5.41) is 3.37. The lowest BCUT2D eigenvalue weighted by Gasteiger charge is -2.36. The van der Waals surface area contributed by atoms with Crippen LogP contribution in [0.2, 0.25) is 0 Å². The molecule has 2 aliphatic rings. The minimum atomic E-state index is -0.554. The molecule has 0 amide bonds. The molecule has 2 aromatic rings. The zero-order valence-corrected chi connectivity index (χ0v) is 20.6. The van der Waals surface area contributed by atoms with Gasteiger partial charge in [0, 0.05) is 36.2 Å². The highest BCUT2D eigenvalue weighted by Gasteiger charge is 2.41. The first kappa shape index (κ1) is 24.5. The highest BCUT2D eigenvalue weighted by atomic mass is 16.5. The van der Waals surface area contributed by atoms with Crippen LogP contribution in [-0.4, -0.2) is 24.3 Å². The third kappa shape index (κ3) is 5.37. The van der Waals surface area contributed by atoms with Crippen molar-refractivity contribution in [1.82, 2.24) is 5.32 Å². The summed E-state index contributed by atoms with van der Waals surface area (Å²) in [6.07, 6.45) is 1.05. The summed E-state index contributed by atoms with van der Waals surface area (Å²) < 4.78 is 10.8. The molecule has 182 valence electrons. The number of benzene rings is 2. The zero-order chi connectivity index (χ0) is 25.1. The second-order valence-corrected chi connectivity index (χ2v) is 9.58. The average molecular weight is 474 g/mol. The van der Waals surface area contributed by atoms with Crippen molar-refractivity contribution in [3.8, 4) is 5.75 Å². The Morgan fingerprint density at radius 3 is 2.31 bits per heavy atom. The molecule has 1 aliphatic carbocycles. The monoisotopic (exact) mass is 473 g/mol. The van der Waals surface area contributed by atoms with Gasteiger partial charge in [0.1, 0.15) is 5.75 Å². The van der Waals surface area contributed by atoms with Crippen LogP contribution in [0, 0.1) is 5.92 Å². The molecule has 0 unspecified atom stereocenters. The van der Waals surface area contributed by atoms with Gasteiger partial charge in [-0.05, 0) is 48.4 Å². The lowest BCUT2D eigenvalue weighted by atomic mass is 9.71. The summed E-state index contributed by atoms with van der Waals surface area (Å²) in [5.74, 6) is -0.701. The standard InChI is InChI=1S/C29H31NO5/c1-17(2)16-34-29(33)26-18(3)30-24-14-22(20-8-6-5-7-9-20)15-25(32)28(24)27(26)21-10-12-23(13-11-21)35-19(4)31/h5-13,17,22,27,30H,14-16H2,1-4H3/t22-,27-/m1/s1. The molecule has 4 rings (SSSR count). The first-order valence-corrected chi connectivity index (χ1v) is 12.0. The molecule has 0 fully saturated rings. The van der Waals surface area contributed by atoms with E-state index in [1.165, 1.54) is 6.92 Å². The van der Waals surface area contributed by atoms with E-state index in [1.54, 1.807) is 24.3 Å². The number of ketones is 1. The molecular formula is C29H31NO5. The molecule has 1 aliphatic heterocycles. The fraction of sp³-hybridized carbons (Fsp3) is 0.345. The fourth-order valence-corrected chi connectivity index (χ4v) is 4.82. The Hall–Kier alpha value is -3.67. The average Bonchev–Trinajstić information content (AvgIpc) is 2.82. The van der Waals surface area contributed by atoms with Gasteiger partial charge in [0.05, 0.1) is 12.2 Å². The number of dihydropyridines is 1. The predicted molar refractivity (Wildman–Crippen MR) is 133 cm³/mol. The van der Waals surface area contributed by atoms with E-state index in [1.807, 2.05) is 39.0 Å². The highest BCUT2D eigenvalue weighted by molar-refractivity contribution is 6.04. The lowest BCUT2D eigenvalue weighted by Crippen LogP contribution is -2.36. The van der Waals surface area contributed by atoms with Crippen molar-refractivity contribution in [2.24, 2.45) is 5.92 Å². The van der Waals surface area contributed by atoms with Crippen LogP contribution in [-0.2, 0) is 19.1 Å². The number of hydrogen-bond donors (Lipinski definition) is 1. The molecule has 0 bridgehead atoms. The lowest BCUT2D eigenvalue weighted by molar-refractivity contribution is -0.140. The van der Waals surface area contributed by atoms with Crippen molar-refractivity contribution < 1.29 is 23.9 Å². The van der Waals surface area contributed by atoms with Crippen LogP contribution in [0.1, 0.15) is 63.5 Å². The smallest absolute Gasteiger partial charge is 0.336 e. The number of Topliss-reactive ketones (excluding diaryl/α,β-unsaturated/α-hetero) is 1. The molecule has 0 aromatic heterocycles. The quantitative estimate of drug-likeness (QED) is 0.460. The van der Waals surface area contributed by atoms with Crippen LogP contribution in [0.3, 0.4) is 0 Å². The first-order chi connectivity index (χ1) is 16.7. The third-order valence-electron chi connectivity index (χ3n) is 6.34. The van der Waals surface area contributed by atoms with Crippen molar-refractivity contribution in [2.75, 3.05) is 6.61 Å². The molecule has 0 saturated heterocycles. The Balaban J connectivity index is 1.75. The van der Waals surface area contributed by atoms with Gasteiger partial charge >= 0.3 is 11.9 Å². The second kappa shape index (κ2) is 10.3. The predicted octanol–water partition coefficient (Wildman–Crippen LogP) is 5.17. The van der Waals surface area contributed by atoms with Gasteiger partial charge in [-0.1, -0.05) is 56.3 Å². The number of carbonyl (C=O) groups excluding carboxylic acids is 3. The van der Waals surface area contributed by atoms with Crippen molar-refractivity contribution in [1.29, 1.82) is 0 Å². The molecule has 0 radical (unpaired) electrons. The van der Waals surface area contributed by atoms with Crippen molar-refractivity contribution in [3.63, 3.8) is 0 Å². The van der Waals surface area contributed by atoms with Gasteiger partial charge in [-0.2, -0.15) is 0 Å². The van der Waals surface area contributed by atoms with E-state index in [0.717, 1.165) is 16.8 Å². The van der Waals surface area contributed by atoms with Gasteiger partial charge in [-0.25, -0.2) is 4.79 Å². The van der Waals surface area contributed by atoms with Crippen molar-refractivity contribution >= 4 is 17.7 Å². The van der Waals surface area contributed by atoms with E-state index >= 15 is 0 Å². The van der Waals surface area contributed by atoms with E-state index < -0.39 is 17.9 Å². The van der Waals surface area contributed by atoms with Crippen molar-refractivity contribution in [3.05, 3.63) is 88.3 Å². The molecule has 6 heteroatoms. The van der Waals surface area contributed by atoms with E-state index in [9.17, 15) is 14.4 Å². The largest absolute Gasteiger partial charge is 0.462 e. The zero-order valence-electron chi connectivity index (χ0n) is 20.6. The second-order valence-electron chi connectivity index (χ2n) is 9.58. The minimum Gasteiger partial charge on any atom is -0.462 e. The van der Waals surface area contributed by atoms with Crippen LogP contribution in [0.25, 0.3) is 0 Å². The summed E-state index contributed by atoms with van der Waals surface area (Å²) in [4.78, 5) is 38.2. The number of rotatable bonds is 6. The van der Waals surface area contributed by atoms with Crippen LogP contribution >= 0.6 is 0 Å². The Bertz CT molecular complexity index is 1190. The van der Waals surface area contributed by atoms with Gasteiger partial charge in [0.2, 0.25) is 0 Å². The Morgan fingerprint density at radius 1 is 1.00 bits per heavy atom. The molecule has 6 nitrogen and oxygen atoms in total. The van der Waals surface area contributed by atoms with Crippen molar-refractivity contribution in [2.45, 2.75) is 52.4 Å². The molecule has 0 saturated carbocycles. The fourth-order valence-electron chi connectivity index (χ4n) is 4.82. The maximum Gasteiger partial charge on any atom is 0.336 e. The van der Waals surface area contributed by atoms with Gasteiger partial charge in [-0.3, -0.25) is 9.59 Å². The molecule has 2 aromatic carbocycles. The van der Waals surface area contributed by atoms with Crippen LogP contribution in [0.15, 0.2) is 77.1 Å². The van der Waals surface area contributed by atoms with Crippen LogP contribution < -0.4 is 10.1 Å². The summed E-state index contributed by atoms with van der Waals surface area (Å²) in [6, 6.07) is 17.0. The molecule has 0 spiro atoms. The molecular weight excluding hydrogens is 442 g/mol. The SMILES string of the molecule is CC(=O)Oc1ccc([C@@H]2C(C(=O)OCC(C)C)=C(C)NC3=C2C(=O)C[C@H](c2ccccc2)C3)cc1. The Labute approximate surface area is 206 Å². The number of allylic oxidation sites excluding steroid dienone is 3. The molecule has 35 heavy (non-hydrogen) atoms. The third-order valence-corrected chi connectivity index (χ3v) is 6.34. The van der Waals surface area contributed by atoms with E-state index in [4.69, 9.17) is 9.47 Å². The van der Waals surface area contributed by atoms with Gasteiger partial charge in [-0.15, -0.1) is 0 Å². The number of nitrogens with one attached hydrogen (secondary N) is 1. The summed E-state index contributed by atoms with van der Waals surface area (Å²) in [5.41, 5.74) is 4.49. The number of ether oxygens (including phenoxy) is 2. The summed E-state index contributed by atoms with van der Waals surface area (Å²) in [7, 11) is 0. The topological polar surface area (TPSA) is 81.7 Å². The minimum absolute atomic E-state index is 0.0170. The number of esters is 2. The van der Waals surface area contributed by atoms with E-state index in [0.29, 0.717) is 42.0 Å². The van der Waals surface area contributed by atoms with E-state index in [2.05, 4.69) is 17.4 Å². The van der Waals surface area contributed by atoms with Gasteiger partial charge < -0.3 is 14.8 Å². The molecule has 1 N–H and O–H groups in total. The summed E-state index contributed by atoms with van der Waals surface area (Å²) in [6.45, 7) is 7.45. The molecule has 1 heterocycles. The van der Waals surface area contributed by atoms with Gasteiger partial charge in [0.15, 0.2) is 5.78 Å². The number of carbonyl (C=O) groups is 3. The Kier molecular flexibility index (Phi) is 7.20. The van der Waals surface area contributed by atoms with Crippen LogP contribution in [0.5, 0.6) is 5.75 Å². The van der Waals surface area contributed by atoms with Gasteiger partial charge in [0.25, 0.3) is 0 Å². The normalized spacial score (nSPS) is 19.9. The van der Waals surface area contributed by atoms with E-state index in [-0.39, 0.29) is 17.6 Å². The molecule has 2 atom stereocenters. The maximum atomic E-state index is 13.6. The highest BCUT2D eigenvalue weighted by Crippen LogP contribution is 2.45. The first-order valence-electron chi connectivity index (χ1n) is 12.0. The van der Waals surface area contributed by atoms with Crippen LogP contribution in [0.4, 0.5) is 0 Å².